The maximum absolute atomic E-state index is 12.0. The van der Waals surface area contributed by atoms with E-state index in [2.05, 4.69) is 0 Å². The largest absolute Gasteiger partial charge is 0.298 e. The molecule has 0 aromatic carbocycles. The van der Waals surface area contributed by atoms with E-state index in [4.69, 9.17) is 0 Å². The van der Waals surface area contributed by atoms with E-state index in [1.807, 2.05) is 13.8 Å². The lowest BCUT2D eigenvalue weighted by atomic mass is 10.4. The van der Waals surface area contributed by atoms with Crippen LogP contribution in [-0.4, -0.2) is 6.29 Å². The van der Waals surface area contributed by atoms with Crippen molar-refractivity contribution in [2.75, 3.05) is 0 Å². The lowest BCUT2D eigenvalue weighted by Gasteiger charge is -1.67. The number of thiophene rings is 1. The summed E-state index contributed by atoms with van der Waals surface area (Å²) >= 11 is 0.931. The highest BCUT2D eigenvalue weighted by atomic mass is 32.1. The Balaban J connectivity index is 0.000000371. The zero-order chi connectivity index (χ0) is 7.98. The van der Waals surface area contributed by atoms with Crippen LogP contribution in [0.1, 0.15) is 24.2 Å². The Hall–Kier alpha value is -0.700. The number of carbonyl (C=O) groups excluding carboxylic acids is 1. The summed E-state index contributed by atoms with van der Waals surface area (Å²) < 4.78 is 12.0. The molecule has 1 rings (SSSR count). The van der Waals surface area contributed by atoms with Gasteiger partial charge in [0.25, 0.3) is 0 Å². The van der Waals surface area contributed by atoms with E-state index < -0.39 is 0 Å². The van der Waals surface area contributed by atoms with Gasteiger partial charge in [-0.2, -0.15) is 4.39 Å². The van der Waals surface area contributed by atoms with Crippen LogP contribution < -0.4 is 0 Å². The van der Waals surface area contributed by atoms with Crippen molar-refractivity contribution in [3.8, 4) is 0 Å². The molecule has 0 aliphatic heterocycles. The van der Waals surface area contributed by atoms with Gasteiger partial charge >= 0.3 is 0 Å². The summed E-state index contributed by atoms with van der Waals surface area (Å²) in [7, 11) is 0. The number of hydrogen-bond donors (Lipinski definition) is 0. The molecule has 1 aromatic heterocycles. The second-order valence-corrected chi connectivity index (χ2v) is 2.16. The Bertz CT molecular complexity index is 195. The number of aldehydes is 1. The van der Waals surface area contributed by atoms with Crippen LogP contribution in [0.25, 0.3) is 0 Å². The minimum Gasteiger partial charge on any atom is -0.298 e. The molecule has 0 unspecified atom stereocenters. The molecule has 1 aromatic rings. The molecule has 0 atom stereocenters. The SMILES string of the molecule is CC.O=Cc1csc(F)c1. The van der Waals surface area contributed by atoms with Crippen LogP contribution in [0.5, 0.6) is 0 Å². The van der Waals surface area contributed by atoms with Crippen molar-refractivity contribution in [3.05, 3.63) is 22.1 Å². The Morgan fingerprint density at radius 2 is 2.20 bits per heavy atom. The highest BCUT2D eigenvalue weighted by Gasteiger charge is 1.93. The molecule has 0 fully saturated rings. The van der Waals surface area contributed by atoms with E-state index in [1.165, 1.54) is 11.4 Å². The van der Waals surface area contributed by atoms with Gasteiger partial charge in [-0.25, -0.2) is 0 Å². The molecule has 0 saturated heterocycles. The fraction of sp³-hybridized carbons (Fsp3) is 0.286. The van der Waals surface area contributed by atoms with E-state index in [9.17, 15) is 9.18 Å². The van der Waals surface area contributed by atoms with E-state index in [0.29, 0.717) is 11.8 Å². The Kier molecular flexibility index (Phi) is 4.76. The second kappa shape index (κ2) is 5.11. The van der Waals surface area contributed by atoms with Crippen molar-refractivity contribution in [1.82, 2.24) is 0 Å². The molecule has 0 N–H and O–H groups in total. The highest BCUT2D eigenvalue weighted by Crippen LogP contribution is 2.09. The molecular weight excluding hydrogens is 151 g/mol. The van der Waals surface area contributed by atoms with Gasteiger partial charge < -0.3 is 0 Å². The van der Waals surface area contributed by atoms with Gasteiger partial charge in [0.2, 0.25) is 0 Å². The maximum Gasteiger partial charge on any atom is 0.177 e. The number of rotatable bonds is 1. The van der Waals surface area contributed by atoms with Gasteiger partial charge in [-0.15, -0.1) is 11.3 Å². The fourth-order valence-electron chi connectivity index (χ4n) is 0.385. The monoisotopic (exact) mass is 160 g/mol. The summed E-state index contributed by atoms with van der Waals surface area (Å²) in [5, 5.41) is 1.16. The molecule has 0 bridgehead atoms. The minimum absolute atomic E-state index is 0.313. The predicted octanol–water partition coefficient (Wildman–Crippen LogP) is 2.73. The zero-order valence-corrected chi connectivity index (χ0v) is 6.74. The standard InChI is InChI=1S/C5H3FOS.C2H6/c6-5-1-4(2-7)3-8-5;1-2/h1-3H;1-2H3. The molecule has 3 heteroatoms. The molecule has 1 nitrogen and oxygen atoms in total. The highest BCUT2D eigenvalue weighted by molar-refractivity contribution is 7.08. The maximum atomic E-state index is 12.0. The molecule has 0 spiro atoms. The number of halogens is 1. The van der Waals surface area contributed by atoms with Crippen molar-refractivity contribution in [3.63, 3.8) is 0 Å². The van der Waals surface area contributed by atoms with E-state index in [-0.39, 0.29) is 5.13 Å². The van der Waals surface area contributed by atoms with Gasteiger partial charge in [0.05, 0.1) is 0 Å². The van der Waals surface area contributed by atoms with Gasteiger partial charge in [-0.1, -0.05) is 13.8 Å². The first-order valence-electron chi connectivity index (χ1n) is 3.02. The van der Waals surface area contributed by atoms with Crippen LogP contribution in [0.2, 0.25) is 0 Å². The Morgan fingerprint density at radius 1 is 1.60 bits per heavy atom. The van der Waals surface area contributed by atoms with Gasteiger partial charge in [-0.05, 0) is 6.07 Å². The molecule has 1 heterocycles. The molecule has 0 radical (unpaired) electrons. The first-order chi connectivity index (χ1) is 4.83. The third kappa shape index (κ3) is 2.73. The molecule has 0 aliphatic rings. The summed E-state index contributed by atoms with van der Waals surface area (Å²) in [6.07, 6.45) is 0.625. The van der Waals surface area contributed by atoms with Gasteiger partial charge in [0.1, 0.15) is 0 Å². The summed E-state index contributed by atoms with van der Waals surface area (Å²) in [4.78, 5) is 9.86. The van der Waals surface area contributed by atoms with Crippen LogP contribution >= 0.6 is 11.3 Å². The lowest BCUT2D eigenvalue weighted by molar-refractivity contribution is 0.112. The second-order valence-electron chi connectivity index (χ2n) is 1.30. The third-order valence-corrected chi connectivity index (χ3v) is 1.46. The van der Waals surface area contributed by atoms with Crippen molar-refractivity contribution < 1.29 is 9.18 Å². The van der Waals surface area contributed by atoms with E-state index in [1.54, 1.807) is 0 Å². The fourth-order valence-corrected chi connectivity index (χ4v) is 0.962. The van der Waals surface area contributed by atoms with Gasteiger partial charge in [0, 0.05) is 10.9 Å². The Morgan fingerprint density at radius 3 is 2.40 bits per heavy atom. The van der Waals surface area contributed by atoms with Crippen molar-refractivity contribution >= 4 is 17.6 Å². The third-order valence-electron chi connectivity index (χ3n) is 0.724. The average molecular weight is 160 g/mol. The normalized spacial score (nSPS) is 7.90. The number of carbonyl (C=O) groups is 1. The molecule has 0 saturated carbocycles. The summed E-state index contributed by atoms with van der Waals surface area (Å²) in [5.41, 5.74) is 0.410. The molecule has 0 amide bonds. The molecule has 10 heavy (non-hydrogen) atoms. The van der Waals surface area contributed by atoms with Crippen LogP contribution in [0.15, 0.2) is 11.4 Å². The Labute approximate surface area is 63.5 Å². The summed E-state index contributed by atoms with van der Waals surface area (Å²) in [5.74, 6) is 0. The smallest absolute Gasteiger partial charge is 0.177 e. The van der Waals surface area contributed by atoms with Crippen LogP contribution in [0, 0.1) is 5.13 Å². The average Bonchev–Trinajstić information content (AvgIpc) is 2.40. The first-order valence-corrected chi connectivity index (χ1v) is 3.90. The first kappa shape index (κ1) is 9.30. The van der Waals surface area contributed by atoms with E-state index in [0.717, 1.165) is 11.3 Å². The van der Waals surface area contributed by atoms with E-state index >= 15 is 0 Å². The van der Waals surface area contributed by atoms with Gasteiger partial charge in [0.15, 0.2) is 11.4 Å². The van der Waals surface area contributed by atoms with Crippen molar-refractivity contribution in [2.24, 2.45) is 0 Å². The zero-order valence-electron chi connectivity index (χ0n) is 5.93. The van der Waals surface area contributed by atoms with Crippen LogP contribution in [0.3, 0.4) is 0 Å². The van der Waals surface area contributed by atoms with Crippen molar-refractivity contribution in [2.45, 2.75) is 13.8 Å². The lowest BCUT2D eigenvalue weighted by Crippen LogP contribution is -1.66. The quantitative estimate of drug-likeness (QED) is 0.577. The predicted molar refractivity (Wildman–Crippen MR) is 41.0 cm³/mol. The molecule has 56 valence electrons. The van der Waals surface area contributed by atoms with Gasteiger partial charge in [-0.3, -0.25) is 4.79 Å². The minimum atomic E-state index is -0.313. The molecule has 0 aliphatic carbocycles. The van der Waals surface area contributed by atoms with Crippen LogP contribution in [0.4, 0.5) is 4.39 Å². The summed E-state index contributed by atoms with van der Waals surface area (Å²) in [6, 6.07) is 1.21. The number of hydrogen-bond acceptors (Lipinski definition) is 2. The van der Waals surface area contributed by atoms with Crippen LogP contribution in [-0.2, 0) is 0 Å². The van der Waals surface area contributed by atoms with Crippen molar-refractivity contribution in [1.29, 1.82) is 0 Å². The topological polar surface area (TPSA) is 17.1 Å². The summed E-state index contributed by atoms with van der Waals surface area (Å²) in [6.45, 7) is 4.00. The molecular formula is C7H9FOS.